The zero-order valence-electron chi connectivity index (χ0n) is 10.9. The number of rotatable bonds is 5. The molecule has 0 saturated carbocycles. The third-order valence-corrected chi connectivity index (χ3v) is 2.93. The third kappa shape index (κ3) is 3.46. The largest absolute Gasteiger partial charge is 0.496 e. The molecule has 1 aromatic carbocycles. The van der Waals surface area contributed by atoms with Crippen LogP contribution in [0.15, 0.2) is 18.2 Å². The van der Waals surface area contributed by atoms with Crippen LogP contribution in [0.4, 0.5) is 0 Å². The number of methoxy groups -OCH3 is 1. The van der Waals surface area contributed by atoms with Gasteiger partial charge >= 0.3 is 0 Å². The molecule has 0 aliphatic heterocycles. The van der Waals surface area contributed by atoms with Crippen molar-refractivity contribution in [2.45, 2.75) is 26.4 Å². The smallest absolute Gasteiger partial charge is 0.234 e. The van der Waals surface area contributed by atoms with E-state index in [4.69, 9.17) is 10.5 Å². The van der Waals surface area contributed by atoms with E-state index in [2.05, 4.69) is 6.07 Å². The van der Waals surface area contributed by atoms with Gasteiger partial charge in [0.25, 0.3) is 0 Å². The number of likely N-dealkylation sites (N-methyl/N-ethyl adjacent to an activating group) is 1. The molecule has 0 aromatic heterocycles. The summed E-state index contributed by atoms with van der Waals surface area (Å²) >= 11 is 0. The first-order chi connectivity index (χ1) is 7.95. The van der Waals surface area contributed by atoms with Crippen molar-refractivity contribution in [1.82, 2.24) is 4.90 Å². The number of aryl methyl sites for hydroxylation is 1. The van der Waals surface area contributed by atoms with E-state index < -0.39 is 0 Å². The van der Waals surface area contributed by atoms with Crippen LogP contribution in [0.25, 0.3) is 0 Å². The summed E-state index contributed by atoms with van der Waals surface area (Å²) in [5, 5.41) is 0. The minimum Gasteiger partial charge on any atom is -0.496 e. The molecule has 17 heavy (non-hydrogen) atoms. The highest BCUT2D eigenvalue weighted by molar-refractivity contribution is 5.79. The molecule has 0 bridgehead atoms. The fourth-order valence-corrected chi connectivity index (χ4v) is 1.65. The van der Waals surface area contributed by atoms with Gasteiger partial charge in [0.1, 0.15) is 5.75 Å². The quantitative estimate of drug-likeness (QED) is 0.838. The van der Waals surface area contributed by atoms with Crippen LogP contribution in [0.1, 0.15) is 18.1 Å². The Morgan fingerprint density at radius 3 is 2.71 bits per heavy atom. The Hall–Kier alpha value is -1.55. The molecule has 0 spiro atoms. The highest BCUT2D eigenvalue weighted by Gasteiger charge is 2.16. The van der Waals surface area contributed by atoms with Gasteiger partial charge in [-0.05, 0) is 27.0 Å². The zero-order chi connectivity index (χ0) is 13.0. The van der Waals surface area contributed by atoms with Gasteiger partial charge in [-0.15, -0.1) is 0 Å². The molecular formula is C13H20N2O2. The van der Waals surface area contributed by atoms with Crippen molar-refractivity contribution in [2.75, 3.05) is 14.2 Å². The number of hydrogen-bond acceptors (Lipinski definition) is 3. The normalized spacial score (nSPS) is 12.5. The monoisotopic (exact) mass is 236 g/mol. The number of primary amides is 1. The third-order valence-electron chi connectivity index (χ3n) is 2.93. The minimum absolute atomic E-state index is 0.291. The first kappa shape index (κ1) is 13.5. The molecule has 1 aromatic rings. The van der Waals surface area contributed by atoms with Gasteiger partial charge in [0.2, 0.25) is 5.91 Å². The summed E-state index contributed by atoms with van der Waals surface area (Å²) in [5.74, 6) is 0.512. The standard InChI is InChI=1S/C13H20N2O2/c1-9-5-6-12(17-4)11(7-9)8-15(3)10(2)13(14)16/h5-7,10H,8H2,1-4H3,(H2,14,16)/t10-/m1/s1. The lowest BCUT2D eigenvalue weighted by Crippen LogP contribution is -2.39. The molecule has 4 heteroatoms. The summed E-state index contributed by atoms with van der Waals surface area (Å²) in [7, 11) is 3.52. The molecule has 0 heterocycles. The predicted molar refractivity (Wildman–Crippen MR) is 67.9 cm³/mol. The van der Waals surface area contributed by atoms with Gasteiger partial charge in [0.05, 0.1) is 13.2 Å². The molecule has 94 valence electrons. The van der Waals surface area contributed by atoms with Crippen molar-refractivity contribution >= 4 is 5.91 Å². The Morgan fingerprint density at radius 1 is 1.53 bits per heavy atom. The zero-order valence-corrected chi connectivity index (χ0v) is 10.9. The molecule has 2 N–H and O–H groups in total. The molecule has 0 radical (unpaired) electrons. The highest BCUT2D eigenvalue weighted by Crippen LogP contribution is 2.21. The van der Waals surface area contributed by atoms with E-state index in [9.17, 15) is 4.79 Å². The molecule has 1 atom stereocenters. The number of carbonyl (C=O) groups excluding carboxylic acids is 1. The van der Waals surface area contributed by atoms with Gasteiger partial charge < -0.3 is 10.5 Å². The van der Waals surface area contributed by atoms with Crippen LogP contribution in [-0.2, 0) is 11.3 Å². The van der Waals surface area contributed by atoms with Crippen molar-refractivity contribution < 1.29 is 9.53 Å². The molecule has 0 saturated heterocycles. The van der Waals surface area contributed by atoms with Gasteiger partial charge in [0.15, 0.2) is 0 Å². The predicted octanol–water partition coefficient (Wildman–Crippen LogP) is 1.31. The van der Waals surface area contributed by atoms with E-state index in [1.807, 2.05) is 31.0 Å². The van der Waals surface area contributed by atoms with E-state index in [0.717, 1.165) is 11.3 Å². The maximum atomic E-state index is 11.1. The maximum Gasteiger partial charge on any atom is 0.234 e. The Kier molecular flexibility index (Phi) is 4.52. The number of hydrogen-bond donors (Lipinski definition) is 1. The van der Waals surface area contributed by atoms with Gasteiger partial charge in [-0.3, -0.25) is 9.69 Å². The van der Waals surface area contributed by atoms with Crippen molar-refractivity contribution in [3.63, 3.8) is 0 Å². The average molecular weight is 236 g/mol. The average Bonchev–Trinajstić information content (AvgIpc) is 2.28. The molecule has 1 rings (SSSR count). The van der Waals surface area contributed by atoms with Crippen LogP contribution in [0.3, 0.4) is 0 Å². The number of carbonyl (C=O) groups is 1. The molecule has 0 aliphatic carbocycles. The first-order valence-electron chi connectivity index (χ1n) is 5.58. The Bertz CT molecular complexity index is 404. The van der Waals surface area contributed by atoms with E-state index in [1.165, 1.54) is 5.56 Å². The molecule has 0 fully saturated rings. The lowest BCUT2D eigenvalue weighted by Gasteiger charge is -2.23. The number of nitrogens with two attached hydrogens (primary N) is 1. The van der Waals surface area contributed by atoms with Crippen LogP contribution in [-0.4, -0.2) is 31.0 Å². The summed E-state index contributed by atoms with van der Waals surface area (Å²) in [6, 6.07) is 5.70. The Balaban J connectivity index is 2.86. The van der Waals surface area contributed by atoms with Crippen molar-refractivity contribution in [1.29, 1.82) is 0 Å². The first-order valence-corrected chi connectivity index (χ1v) is 5.58. The van der Waals surface area contributed by atoms with Crippen LogP contribution in [0, 0.1) is 6.92 Å². The maximum absolute atomic E-state index is 11.1. The van der Waals surface area contributed by atoms with Crippen LogP contribution in [0.5, 0.6) is 5.75 Å². The number of ether oxygens (including phenoxy) is 1. The fraction of sp³-hybridized carbons (Fsp3) is 0.462. The van der Waals surface area contributed by atoms with Crippen LogP contribution < -0.4 is 10.5 Å². The highest BCUT2D eigenvalue weighted by atomic mass is 16.5. The van der Waals surface area contributed by atoms with Gasteiger partial charge in [-0.1, -0.05) is 17.7 Å². The van der Waals surface area contributed by atoms with E-state index in [0.29, 0.717) is 6.54 Å². The Morgan fingerprint density at radius 2 is 2.18 bits per heavy atom. The van der Waals surface area contributed by atoms with Crippen molar-refractivity contribution in [3.05, 3.63) is 29.3 Å². The fourth-order valence-electron chi connectivity index (χ4n) is 1.65. The molecular weight excluding hydrogens is 216 g/mol. The summed E-state index contributed by atoms with van der Waals surface area (Å²) in [6.07, 6.45) is 0. The second-order valence-corrected chi connectivity index (χ2v) is 4.31. The van der Waals surface area contributed by atoms with Crippen molar-refractivity contribution in [2.24, 2.45) is 5.73 Å². The lowest BCUT2D eigenvalue weighted by molar-refractivity contribution is -0.122. The summed E-state index contributed by atoms with van der Waals surface area (Å²) < 4.78 is 5.30. The van der Waals surface area contributed by atoms with E-state index in [-0.39, 0.29) is 11.9 Å². The van der Waals surface area contributed by atoms with Crippen molar-refractivity contribution in [3.8, 4) is 5.75 Å². The van der Waals surface area contributed by atoms with Gasteiger partial charge in [-0.2, -0.15) is 0 Å². The molecule has 1 amide bonds. The SMILES string of the molecule is COc1ccc(C)cc1CN(C)[C@H](C)C(N)=O. The Labute approximate surface area is 102 Å². The van der Waals surface area contributed by atoms with E-state index >= 15 is 0 Å². The number of amides is 1. The molecule has 0 unspecified atom stereocenters. The topological polar surface area (TPSA) is 55.6 Å². The summed E-state index contributed by atoms with van der Waals surface area (Å²) in [4.78, 5) is 13.0. The minimum atomic E-state index is -0.320. The van der Waals surface area contributed by atoms with E-state index in [1.54, 1.807) is 14.0 Å². The molecule has 0 aliphatic rings. The summed E-state index contributed by atoms with van der Waals surface area (Å²) in [6.45, 7) is 4.46. The van der Waals surface area contributed by atoms with Crippen LogP contribution >= 0.6 is 0 Å². The van der Waals surface area contributed by atoms with Gasteiger partial charge in [0, 0.05) is 12.1 Å². The molecule has 4 nitrogen and oxygen atoms in total. The number of nitrogens with zero attached hydrogens (tertiary/aromatic N) is 1. The van der Waals surface area contributed by atoms with Gasteiger partial charge in [-0.25, -0.2) is 0 Å². The summed E-state index contributed by atoms with van der Waals surface area (Å²) in [5.41, 5.74) is 7.51. The second-order valence-electron chi connectivity index (χ2n) is 4.31. The number of benzene rings is 1. The second kappa shape index (κ2) is 5.68. The lowest BCUT2D eigenvalue weighted by atomic mass is 10.1. The van der Waals surface area contributed by atoms with Crippen LogP contribution in [0.2, 0.25) is 0 Å².